The molecular weight excluding hydrogens is 188 g/mol. The van der Waals surface area contributed by atoms with E-state index in [-0.39, 0.29) is 0 Å². The third-order valence-corrected chi connectivity index (χ3v) is 1.82. The summed E-state index contributed by atoms with van der Waals surface area (Å²) in [6, 6.07) is 6.91. The highest BCUT2D eigenvalue weighted by molar-refractivity contribution is 7.94. The van der Waals surface area contributed by atoms with E-state index < -0.39 is 0 Å². The van der Waals surface area contributed by atoms with E-state index in [9.17, 15) is 0 Å². The van der Waals surface area contributed by atoms with Crippen LogP contribution in [0, 0.1) is 0 Å². The maximum atomic E-state index is 7.81. The molecule has 0 heterocycles. The fraction of sp³-hybridized carbons (Fsp3) is 0. The molecule has 0 aliphatic heterocycles. The molecule has 0 spiro atoms. The molecule has 0 bridgehead atoms. The van der Waals surface area contributed by atoms with E-state index in [1.165, 1.54) is 0 Å². The van der Waals surface area contributed by atoms with Crippen LogP contribution in [0.25, 0.3) is 0 Å². The molecule has 60 valence electrons. The maximum absolute atomic E-state index is 7.81. The van der Waals surface area contributed by atoms with Crippen LogP contribution in [-0.4, -0.2) is 5.26 Å². The van der Waals surface area contributed by atoms with Crippen LogP contribution in [0.4, 0.5) is 0 Å². The summed E-state index contributed by atoms with van der Waals surface area (Å²) in [6.45, 7) is 0. The van der Waals surface area contributed by atoms with Crippen LogP contribution in [0.1, 0.15) is 0 Å². The van der Waals surface area contributed by atoms with E-state index in [4.69, 9.17) is 16.9 Å². The lowest BCUT2D eigenvalue weighted by Crippen LogP contribution is -1.77. The number of halogens is 1. The molecule has 3 nitrogen and oxygen atoms in total. The number of hydrogen-bond donors (Lipinski definition) is 1. The van der Waals surface area contributed by atoms with Crippen molar-refractivity contribution in [2.75, 3.05) is 0 Å². The quantitative estimate of drug-likeness (QED) is 0.454. The van der Waals surface area contributed by atoms with Gasteiger partial charge in [0.1, 0.15) is 0 Å². The van der Waals surface area contributed by atoms with E-state index in [1.54, 1.807) is 24.3 Å². The first kappa shape index (κ1) is 8.83. The summed E-state index contributed by atoms with van der Waals surface area (Å²) in [5.41, 5.74) is 0. The largest absolute Gasteiger partial charge is 0.220 e. The van der Waals surface area contributed by atoms with Gasteiger partial charge in [0.25, 0.3) is 0 Å². The molecule has 11 heavy (non-hydrogen) atoms. The number of hydrogen-bond acceptors (Lipinski definition) is 4. The lowest BCUT2D eigenvalue weighted by Gasteiger charge is -1.95. The van der Waals surface area contributed by atoms with Gasteiger partial charge < -0.3 is 0 Å². The van der Waals surface area contributed by atoms with Crippen molar-refractivity contribution in [3.8, 4) is 0 Å². The van der Waals surface area contributed by atoms with Gasteiger partial charge in [-0.3, -0.25) is 0 Å². The minimum absolute atomic E-state index is 0.652. The second kappa shape index (κ2) is 4.58. The Morgan fingerprint density at radius 3 is 2.45 bits per heavy atom. The minimum atomic E-state index is 0.652. The number of benzene rings is 1. The van der Waals surface area contributed by atoms with Crippen LogP contribution in [0.5, 0.6) is 0 Å². The summed E-state index contributed by atoms with van der Waals surface area (Å²) >= 11 is 6.51. The average molecular weight is 193 g/mol. The summed E-state index contributed by atoms with van der Waals surface area (Å²) in [4.78, 5) is 0.795. The first-order valence-corrected chi connectivity index (χ1v) is 3.85. The summed E-state index contributed by atoms with van der Waals surface area (Å²) in [5.74, 6) is 0. The summed E-state index contributed by atoms with van der Waals surface area (Å²) < 4.78 is 4.19. The molecule has 0 aliphatic rings. The van der Waals surface area contributed by atoms with Crippen molar-refractivity contribution in [2.45, 2.75) is 4.90 Å². The summed E-state index contributed by atoms with van der Waals surface area (Å²) in [6.07, 6.45) is 0. The Bertz CT molecular complexity index is 214. The molecule has 0 saturated heterocycles. The maximum Gasteiger partial charge on any atom is 0.0714 e. The molecule has 1 rings (SSSR count). The highest BCUT2D eigenvalue weighted by Gasteiger charge is 1.93. The number of rotatable bonds is 3. The molecule has 0 unspecified atom stereocenters. The molecule has 5 heteroatoms. The predicted molar refractivity (Wildman–Crippen MR) is 42.1 cm³/mol. The van der Waals surface area contributed by atoms with E-state index in [0.717, 1.165) is 16.9 Å². The minimum Gasteiger partial charge on any atom is -0.220 e. The predicted octanol–water partition coefficient (Wildman–Crippen LogP) is 2.77. The summed E-state index contributed by atoms with van der Waals surface area (Å²) in [5, 5.41) is 11.9. The van der Waals surface area contributed by atoms with Crippen LogP contribution in [0.2, 0.25) is 5.02 Å². The third kappa shape index (κ3) is 3.09. The van der Waals surface area contributed by atoms with Gasteiger partial charge in [0.05, 0.1) is 12.0 Å². The first-order chi connectivity index (χ1) is 5.33. The van der Waals surface area contributed by atoms with Crippen molar-refractivity contribution in [3.05, 3.63) is 29.3 Å². The molecule has 0 fully saturated rings. The zero-order valence-electron chi connectivity index (χ0n) is 5.36. The van der Waals surface area contributed by atoms with Crippen LogP contribution in [-0.2, 0) is 9.37 Å². The van der Waals surface area contributed by atoms with Gasteiger partial charge in [0, 0.05) is 9.92 Å². The van der Waals surface area contributed by atoms with Gasteiger partial charge in [-0.15, -0.1) is 4.33 Å². The SMILES string of the molecule is OOOSc1ccc(Cl)cc1. The van der Waals surface area contributed by atoms with Crippen LogP contribution in [0.15, 0.2) is 29.2 Å². The Morgan fingerprint density at radius 2 is 1.91 bits per heavy atom. The van der Waals surface area contributed by atoms with Gasteiger partial charge in [-0.25, -0.2) is 5.26 Å². The molecular formula is C6H5ClO3S. The van der Waals surface area contributed by atoms with E-state index >= 15 is 0 Å². The van der Waals surface area contributed by atoms with Crippen LogP contribution in [0.3, 0.4) is 0 Å². The second-order valence-corrected chi connectivity index (χ2v) is 2.89. The normalized spacial score (nSPS) is 10.0. The van der Waals surface area contributed by atoms with Crippen molar-refractivity contribution in [2.24, 2.45) is 0 Å². The molecule has 0 saturated carbocycles. The van der Waals surface area contributed by atoms with Crippen molar-refractivity contribution in [1.82, 2.24) is 0 Å². The van der Waals surface area contributed by atoms with Gasteiger partial charge >= 0.3 is 0 Å². The van der Waals surface area contributed by atoms with Crippen LogP contribution < -0.4 is 0 Å². The van der Waals surface area contributed by atoms with E-state index in [0.29, 0.717) is 5.02 Å². The van der Waals surface area contributed by atoms with Crippen molar-refractivity contribution < 1.29 is 14.6 Å². The molecule has 1 aromatic carbocycles. The third-order valence-electron chi connectivity index (χ3n) is 0.974. The van der Waals surface area contributed by atoms with Crippen molar-refractivity contribution in [3.63, 3.8) is 0 Å². The molecule has 0 atom stereocenters. The summed E-state index contributed by atoms with van der Waals surface area (Å²) in [7, 11) is 0. The Labute approximate surface area is 72.9 Å². The van der Waals surface area contributed by atoms with Gasteiger partial charge in [-0.05, 0) is 24.3 Å². The fourth-order valence-electron chi connectivity index (χ4n) is 0.545. The van der Waals surface area contributed by atoms with Crippen molar-refractivity contribution >= 4 is 23.6 Å². The molecule has 0 aliphatic carbocycles. The Hall–Kier alpha value is -0.260. The Kier molecular flexibility index (Phi) is 3.68. The first-order valence-electron chi connectivity index (χ1n) is 2.73. The second-order valence-electron chi connectivity index (χ2n) is 1.68. The van der Waals surface area contributed by atoms with E-state index in [1.807, 2.05) is 0 Å². The highest BCUT2D eigenvalue weighted by atomic mass is 35.5. The highest BCUT2D eigenvalue weighted by Crippen LogP contribution is 2.20. The molecule has 1 N–H and O–H groups in total. The van der Waals surface area contributed by atoms with Crippen molar-refractivity contribution in [1.29, 1.82) is 0 Å². The lowest BCUT2D eigenvalue weighted by molar-refractivity contribution is -0.432. The van der Waals surface area contributed by atoms with Crippen LogP contribution >= 0.6 is 23.6 Å². The van der Waals surface area contributed by atoms with E-state index in [2.05, 4.69) is 9.37 Å². The Balaban J connectivity index is 2.52. The molecule has 0 amide bonds. The Morgan fingerprint density at radius 1 is 1.27 bits per heavy atom. The zero-order chi connectivity index (χ0) is 8.10. The zero-order valence-corrected chi connectivity index (χ0v) is 6.93. The topological polar surface area (TPSA) is 38.7 Å². The fourth-order valence-corrected chi connectivity index (χ4v) is 1.03. The van der Waals surface area contributed by atoms with Gasteiger partial charge in [0.15, 0.2) is 0 Å². The molecule has 0 radical (unpaired) electrons. The lowest BCUT2D eigenvalue weighted by atomic mass is 10.4. The standard InChI is InChI=1S/C6H5ClO3S/c7-5-1-3-6(4-2-5)11-10-9-8/h1-4,8H. The monoisotopic (exact) mass is 192 g/mol. The van der Waals surface area contributed by atoms with Gasteiger partial charge in [-0.1, -0.05) is 16.6 Å². The van der Waals surface area contributed by atoms with Gasteiger partial charge in [-0.2, -0.15) is 0 Å². The molecule has 1 aromatic rings. The average Bonchev–Trinajstić information content (AvgIpc) is 2.04. The smallest absolute Gasteiger partial charge is 0.0714 e. The molecule has 0 aromatic heterocycles. The van der Waals surface area contributed by atoms with Gasteiger partial charge in [0.2, 0.25) is 0 Å².